The second kappa shape index (κ2) is 10.1. The summed E-state index contributed by atoms with van der Waals surface area (Å²) in [4.78, 5) is 30.8. The van der Waals surface area contributed by atoms with Gasteiger partial charge in [0.2, 0.25) is 5.82 Å². The Kier molecular flexibility index (Phi) is 7.31. The SMILES string of the molecule is CC(C)(C)OC(=O)Cn1c(C(=O)OC(C)(C)C)nc(-c2ccc(C#N)cc2)c1-c1ccc(C#N)cc1. The number of carbonyl (C=O) groups excluding carboxylic acids is 2. The molecule has 3 rings (SSSR count). The lowest BCUT2D eigenvalue weighted by molar-refractivity contribution is -0.155. The molecule has 0 N–H and O–H groups in total. The molecule has 0 fully saturated rings. The van der Waals surface area contributed by atoms with Gasteiger partial charge < -0.3 is 14.0 Å². The highest BCUT2D eigenvalue weighted by Crippen LogP contribution is 2.34. The van der Waals surface area contributed by atoms with Gasteiger partial charge in [0, 0.05) is 11.1 Å². The number of aromatic nitrogens is 2. The lowest BCUT2D eigenvalue weighted by Gasteiger charge is -2.22. The summed E-state index contributed by atoms with van der Waals surface area (Å²) >= 11 is 0. The van der Waals surface area contributed by atoms with Crippen LogP contribution in [0.25, 0.3) is 22.5 Å². The van der Waals surface area contributed by atoms with Gasteiger partial charge in [-0.3, -0.25) is 4.79 Å². The molecule has 0 saturated heterocycles. The molecule has 36 heavy (non-hydrogen) atoms. The Hall–Kier alpha value is -4.43. The van der Waals surface area contributed by atoms with E-state index in [2.05, 4.69) is 17.1 Å². The quantitative estimate of drug-likeness (QED) is 0.453. The van der Waals surface area contributed by atoms with Crippen LogP contribution in [0.1, 0.15) is 63.3 Å². The van der Waals surface area contributed by atoms with Gasteiger partial charge in [-0.05, 0) is 65.8 Å². The van der Waals surface area contributed by atoms with Crippen molar-refractivity contribution in [3.63, 3.8) is 0 Å². The van der Waals surface area contributed by atoms with E-state index in [1.54, 1.807) is 90.1 Å². The van der Waals surface area contributed by atoms with Gasteiger partial charge in [-0.15, -0.1) is 0 Å². The van der Waals surface area contributed by atoms with Crippen molar-refractivity contribution >= 4 is 11.9 Å². The summed E-state index contributed by atoms with van der Waals surface area (Å²) in [6.45, 7) is 10.2. The van der Waals surface area contributed by atoms with E-state index < -0.39 is 23.1 Å². The third-order valence-electron chi connectivity index (χ3n) is 4.83. The molecule has 0 atom stereocenters. The minimum atomic E-state index is -0.789. The zero-order valence-corrected chi connectivity index (χ0v) is 21.2. The Labute approximate surface area is 210 Å². The first-order chi connectivity index (χ1) is 16.8. The van der Waals surface area contributed by atoms with Crippen LogP contribution in [0, 0.1) is 22.7 Å². The fourth-order valence-electron chi connectivity index (χ4n) is 3.49. The van der Waals surface area contributed by atoms with E-state index in [-0.39, 0.29) is 12.4 Å². The van der Waals surface area contributed by atoms with Gasteiger partial charge in [-0.2, -0.15) is 10.5 Å². The average molecular weight is 485 g/mol. The van der Waals surface area contributed by atoms with Crippen molar-refractivity contribution in [3.05, 3.63) is 65.5 Å². The Balaban J connectivity index is 2.28. The number of rotatable bonds is 5. The van der Waals surface area contributed by atoms with Crippen LogP contribution in [0.15, 0.2) is 48.5 Å². The Morgan fingerprint density at radius 2 is 1.28 bits per heavy atom. The molecule has 0 aliphatic rings. The van der Waals surface area contributed by atoms with Gasteiger partial charge in [0.15, 0.2) is 0 Å². The molecule has 0 spiro atoms. The summed E-state index contributed by atoms with van der Waals surface area (Å²) in [5, 5.41) is 18.4. The van der Waals surface area contributed by atoms with Crippen LogP contribution in [0.2, 0.25) is 0 Å². The van der Waals surface area contributed by atoms with E-state index in [4.69, 9.17) is 9.47 Å². The van der Waals surface area contributed by atoms with Crippen molar-refractivity contribution in [1.29, 1.82) is 10.5 Å². The van der Waals surface area contributed by atoms with Gasteiger partial charge >= 0.3 is 11.9 Å². The molecule has 1 aromatic heterocycles. The number of hydrogen-bond acceptors (Lipinski definition) is 7. The van der Waals surface area contributed by atoms with Crippen LogP contribution >= 0.6 is 0 Å². The number of ether oxygens (including phenoxy) is 2. The highest BCUT2D eigenvalue weighted by atomic mass is 16.6. The number of esters is 2. The van der Waals surface area contributed by atoms with Crippen molar-refractivity contribution < 1.29 is 19.1 Å². The fraction of sp³-hybridized carbons (Fsp3) is 0.321. The monoisotopic (exact) mass is 484 g/mol. The zero-order valence-electron chi connectivity index (χ0n) is 21.2. The molecule has 3 aromatic rings. The fourth-order valence-corrected chi connectivity index (χ4v) is 3.49. The molecule has 0 radical (unpaired) electrons. The Morgan fingerprint density at radius 1 is 0.806 bits per heavy atom. The maximum Gasteiger partial charge on any atom is 0.375 e. The summed E-state index contributed by atoms with van der Waals surface area (Å²) in [5.41, 5.74) is 1.60. The molecule has 1 heterocycles. The first-order valence-electron chi connectivity index (χ1n) is 11.4. The standard InChI is InChI=1S/C28H28N4O4/c1-27(2,3)35-22(33)17-32-24(21-13-9-19(16-30)10-14-21)23(20-11-7-18(15-29)8-12-20)31-25(32)26(34)36-28(4,5)6/h7-14H,17H2,1-6H3. The van der Waals surface area contributed by atoms with Crippen LogP contribution in [-0.4, -0.2) is 32.7 Å². The first kappa shape index (κ1) is 26.2. The maximum absolute atomic E-state index is 13.2. The molecule has 184 valence electrons. The molecule has 0 aliphatic heterocycles. The molecule has 0 aliphatic carbocycles. The van der Waals surface area contributed by atoms with Crippen molar-refractivity contribution in [2.45, 2.75) is 59.3 Å². The number of carbonyl (C=O) groups is 2. The first-order valence-corrected chi connectivity index (χ1v) is 11.4. The molecule has 0 saturated carbocycles. The van der Waals surface area contributed by atoms with Crippen LogP contribution in [0.3, 0.4) is 0 Å². The summed E-state index contributed by atoms with van der Waals surface area (Å²) in [6, 6.07) is 17.7. The normalized spacial score (nSPS) is 11.3. The smallest absolute Gasteiger partial charge is 0.375 e. The van der Waals surface area contributed by atoms with Gasteiger partial charge in [0.05, 0.1) is 34.7 Å². The van der Waals surface area contributed by atoms with Gasteiger partial charge in [0.25, 0.3) is 0 Å². The van der Waals surface area contributed by atoms with E-state index in [9.17, 15) is 20.1 Å². The second-order valence-electron chi connectivity index (χ2n) is 10.2. The van der Waals surface area contributed by atoms with E-state index in [1.807, 2.05) is 0 Å². The molecule has 8 nitrogen and oxygen atoms in total. The number of nitriles is 2. The van der Waals surface area contributed by atoms with Gasteiger partial charge in [-0.1, -0.05) is 24.3 Å². The molecular formula is C28H28N4O4. The van der Waals surface area contributed by atoms with Gasteiger partial charge in [0.1, 0.15) is 17.7 Å². The van der Waals surface area contributed by atoms with Crippen LogP contribution in [0.4, 0.5) is 0 Å². The molecule has 0 unspecified atom stereocenters. The minimum absolute atomic E-state index is 0.0606. The van der Waals surface area contributed by atoms with Crippen LogP contribution in [0.5, 0.6) is 0 Å². The summed E-state index contributed by atoms with van der Waals surface area (Å²) in [5.74, 6) is -1.30. The number of imidazole rings is 1. The summed E-state index contributed by atoms with van der Waals surface area (Å²) in [7, 11) is 0. The largest absolute Gasteiger partial charge is 0.459 e. The van der Waals surface area contributed by atoms with Crippen molar-refractivity contribution in [1.82, 2.24) is 9.55 Å². The Bertz CT molecular complexity index is 1360. The van der Waals surface area contributed by atoms with Crippen LogP contribution < -0.4 is 0 Å². The highest BCUT2D eigenvalue weighted by molar-refractivity contribution is 5.92. The summed E-state index contributed by atoms with van der Waals surface area (Å²) in [6.07, 6.45) is 0. The number of hydrogen-bond donors (Lipinski definition) is 0. The third kappa shape index (κ3) is 6.37. The molecule has 2 aromatic carbocycles. The number of benzene rings is 2. The zero-order chi connectivity index (χ0) is 26.7. The van der Waals surface area contributed by atoms with Crippen molar-refractivity contribution in [2.24, 2.45) is 0 Å². The third-order valence-corrected chi connectivity index (χ3v) is 4.83. The Morgan fingerprint density at radius 3 is 1.72 bits per heavy atom. The van der Waals surface area contributed by atoms with E-state index >= 15 is 0 Å². The maximum atomic E-state index is 13.2. The lowest BCUT2D eigenvalue weighted by Crippen LogP contribution is -2.29. The summed E-state index contributed by atoms with van der Waals surface area (Å²) < 4.78 is 12.6. The van der Waals surface area contributed by atoms with E-state index in [0.717, 1.165) is 0 Å². The topological polar surface area (TPSA) is 118 Å². The number of nitrogens with zero attached hydrogens (tertiary/aromatic N) is 4. The molecule has 8 heteroatoms. The van der Waals surface area contributed by atoms with E-state index in [0.29, 0.717) is 33.6 Å². The predicted molar refractivity (Wildman–Crippen MR) is 134 cm³/mol. The van der Waals surface area contributed by atoms with Crippen molar-refractivity contribution in [2.75, 3.05) is 0 Å². The second-order valence-corrected chi connectivity index (χ2v) is 10.2. The van der Waals surface area contributed by atoms with Crippen LogP contribution in [-0.2, 0) is 20.8 Å². The predicted octanol–water partition coefficient (Wildman–Crippen LogP) is 5.26. The minimum Gasteiger partial charge on any atom is -0.459 e. The molecular weight excluding hydrogens is 456 g/mol. The average Bonchev–Trinajstić information content (AvgIpc) is 3.15. The molecule has 0 bridgehead atoms. The van der Waals surface area contributed by atoms with E-state index in [1.165, 1.54) is 4.57 Å². The highest BCUT2D eigenvalue weighted by Gasteiger charge is 2.30. The lowest BCUT2D eigenvalue weighted by atomic mass is 10.0. The molecule has 0 amide bonds. The van der Waals surface area contributed by atoms with Gasteiger partial charge in [-0.25, -0.2) is 9.78 Å². The van der Waals surface area contributed by atoms with Crippen molar-refractivity contribution in [3.8, 4) is 34.7 Å².